The molecule has 0 spiro atoms. The third kappa shape index (κ3) is 4.07. The van der Waals surface area contributed by atoms with Gasteiger partial charge in [0.25, 0.3) is 0 Å². The fourth-order valence-electron chi connectivity index (χ4n) is 2.70. The Morgan fingerprint density at radius 2 is 2.00 bits per heavy atom. The Bertz CT molecular complexity index is 640. The number of hydrogen-bond donors (Lipinski definition) is 2. The van der Waals surface area contributed by atoms with Gasteiger partial charge in [0.2, 0.25) is 0 Å². The van der Waals surface area contributed by atoms with Crippen molar-refractivity contribution in [3.63, 3.8) is 0 Å². The van der Waals surface area contributed by atoms with E-state index >= 15 is 0 Å². The quantitative estimate of drug-likeness (QED) is 0.594. The molecule has 1 aromatic rings. The molecule has 1 heterocycles. The van der Waals surface area contributed by atoms with Crippen molar-refractivity contribution in [1.29, 1.82) is 0 Å². The maximum Gasteiger partial charge on any atom is 0.338 e. The minimum absolute atomic E-state index is 0.356. The van der Waals surface area contributed by atoms with Crippen LogP contribution in [0.1, 0.15) is 44.7 Å². The first-order valence-electron chi connectivity index (χ1n) is 8.16. The second-order valence-electron chi connectivity index (χ2n) is 5.66. The molecule has 2 amide bonds. The SMILES string of the molecule is CCCCCOC(=O)C1=C(C)NC(=O)NC1c1ccccc1OC. The molecule has 0 bridgehead atoms. The maximum atomic E-state index is 12.5. The van der Waals surface area contributed by atoms with E-state index in [1.54, 1.807) is 20.1 Å². The van der Waals surface area contributed by atoms with Crippen LogP contribution in [0.4, 0.5) is 4.79 Å². The van der Waals surface area contributed by atoms with Gasteiger partial charge in [0.05, 0.1) is 25.3 Å². The lowest BCUT2D eigenvalue weighted by molar-refractivity contribution is -0.139. The van der Waals surface area contributed by atoms with E-state index in [0.29, 0.717) is 23.6 Å². The fraction of sp³-hybridized carbons (Fsp3) is 0.444. The number of unbranched alkanes of at least 4 members (excludes halogenated alkanes) is 2. The first-order chi connectivity index (χ1) is 11.6. The molecule has 6 nitrogen and oxygen atoms in total. The minimum atomic E-state index is -0.603. The van der Waals surface area contributed by atoms with Crippen molar-refractivity contribution in [1.82, 2.24) is 10.6 Å². The summed E-state index contributed by atoms with van der Waals surface area (Å²) >= 11 is 0. The van der Waals surface area contributed by atoms with Gasteiger partial charge in [-0.25, -0.2) is 9.59 Å². The summed E-state index contributed by atoms with van der Waals surface area (Å²) in [6.45, 7) is 4.16. The molecule has 0 aliphatic carbocycles. The second kappa shape index (κ2) is 8.38. The van der Waals surface area contributed by atoms with Gasteiger partial charge in [-0.2, -0.15) is 0 Å². The van der Waals surface area contributed by atoms with E-state index in [1.807, 2.05) is 18.2 Å². The number of esters is 1. The van der Waals surface area contributed by atoms with Crippen molar-refractivity contribution in [2.24, 2.45) is 0 Å². The summed E-state index contributed by atoms with van der Waals surface area (Å²) in [5.41, 5.74) is 1.61. The lowest BCUT2D eigenvalue weighted by atomic mass is 9.95. The number of hydrogen-bond acceptors (Lipinski definition) is 4. The third-order valence-electron chi connectivity index (χ3n) is 3.92. The van der Waals surface area contributed by atoms with Gasteiger partial charge >= 0.3 is 12.0 Å². The van der Waals surface area contributed by atoms with Gasteiger partial charge in [-0.05, 0) is 19.4 Å². The number of nitrogens with one attached hydrogen (secondary N) is 2. The van der Waals surface area contributed by atoms with Crippen LogP contribution in [0.5, 0.6) is 5.75 Å². The van der Waals surface area contributed by atoms with Crippen molar-refractivity contribution in [3.8, 4) is 5.75 Å². The first-order valence-corrected chi connectivity index (χ1v) is 8.16. The van der Waals surface area contributed by atoms with Crippen molar-refractivity contribution >= 4 is 12.0 Å². The van der Waals surface area contributed by atoms with Gasteiger partial charge in [0.1, 0.15) is 5.75 Å². The third-order valence-corrected chi connectivity index (χ3v) is 3.92. The molecule has 0 aromatic heterocycles. The lowest BCUT2D eigenvalue weighted by Crippen LogP contribution is -2.45. The molecule has 1 unspecified atom stereocenters. The van der Waals surface area contributed by atoms with Gasteiger partial charge < -0.3 is 20.1 Å². The second-order valence-corrected chi connectivity index (χ2v) is 5.66. The van der Waals surface area contributed by atoms with Crippen LogP contribution in [-0.2, 0) is 9.53 Å². The van der Waals surface area contributed by atoms with E-state index in [0.717, 1.165) is 24.8 Å². The first kappa shape index (κ1) is 17.8. The Kier molecular flexibility index (Phi) is 6.23. The van der Waals surface area contributed by atoms with E-state index in [4.69, 9.17) is 9.47 Å². The van der Waals surface area contributed by atoms with Crippen LogP contribution in [0.3, 0.4) is 0 Å². The zero-order valence-electron chi connectivity index (χ0n) is 14.3. The summed E-state index contributed by atoms with van der Waals surface area (Å²) in [6, 6.07) is 6.34. The molecule has 0 saturated carbocycles. The molecule has 0 fully saturated rings. The zero-order valence-corrected chi connectivity index (χ0v) is 14.3. The van der Waals surface area contributed by atoms with Crippen molar-refractivity contribution in [3.05, 3.63) is 41.1 Å². The van der Waals surface area contributed by atoms with Gasteiger partial charge in [0.15, 0.2) is 0 Å². The van der Waals surface area contributed by atoms with E-state index in [9.17, 15) is 9.59 Å². The van der Waals surface area contributed by atoms with Crippen LogP contribution >= 0.6 is 0 Å². The molecule has 6 heteroatoms. The van der Waals surface area contributed by atoms with Crippen LogP contribution in [-0.4, -0.2) is 25.7 Å². The Morgan fingerprint density at radius 1 is 1.25 bits per heavy atom. The molecule has 2 N–H and O–H groups in total. The molecular weight excluding hydrogens is 308 g/mol. The topological polar surface area (TPSA) is 76.7 Å². The standard InChI is InChI=1S/C18H24N2O4/c1-4-5-8-11-24-17(21)15-12(2)19-18(22)20-16(15)13-9-6-7-10-14(13)23-3/h6-7,9-10,16H,4-5,8,11H2,1-3H3,(H2,19,20,22). The molecule has 0 saturated heterocycles. The van der Waals surface area contributed by atoms with Crippen LogP contribution in [0.25, 0.3) is 0 Å². The van der Waals surface area contributed by atoms with E-state index in [-0.39, 0.29) is 6.03 Å². The average Bonchev–Trinajstić information content (AvgIpc) is 2.57. The molecule has 2 rings (SSSR count). The van der Waals surface area contributed by atoms with Crippen LogP contribution in [0.15, 0.2) is 35.5 Å². The maximum absolute atomic E-state index is 12.5. The van der Waals surface area contributed by atoms with Crippen LogP contribution in [0, 0.1) is 0 Å². The number of urea groups is 1. The highest BCUT2D eigenvalue weighted by molar-refractivity contribution is 5.95. The Morgan fingerprint density at radius 3 is 2.71 bits per heavy atom. The minimum Gasteiger partial charge on any atom is -0.496 e. The molecule has 1 atom stereocenters. The van der Waals surface area contributed by atoms with E-state index in [2.05, 4.69) is 17.6 Å². The summed E-state index contributed by atoms with van der Waals surface area (Å²) in [7, 11) is 1.56. The molecular formula is C18H24N2O4. The van der Waals surface area contributed by atoms with Crippen LogP contribution < -0.4 is 15.4 Å². The number of amides is 2. The highest BCUT2D eigenvalue weighted by Gasteiger charge is 2.33. The highest BCUT2D eigenvalue weighted by Crippen LogP contribution is 2.33. The predicted octanol–water partition coefficient (Wildman–Crippen LogP) is 3.06. The summed E-state index contributed by atoms with van der Waals surface area (Å²) in [6.07, 6.45) is 2.89. The van der Waals surface area contributed by atoms with Crippen molar-refractivity contribution in [2.75, 3.05) is 13.7 Å². The van der Waals surface area contributed by atoms with E-state index < -0.39 is 12.0 Å². The lowest BCUT2D eigenvalue weighted by Gasteiger charge is -2.29. The van der Waals surface area contributed by atoms with Gasteiger partial charge in [-0.3, -0.25) is 0 Å². The Labute approximate surface area is 142 Å². The highest BCUT2D eigenvalue weighted by atomic mass is 16.5. The van der Waals surface area contributed by atoms with Gasteiger partial charge in [-0.15, -0.1) is 0 Å². The molecule has 1 aromatic carbocycles. The number of carbonyl (C=O) groups excluding carboxylic acids is 2. The van der Waals surface area contributed by atoms with Crippen molar-refractivity contribution < 1.29 is 19.1 Å². The summed E-state index contributed by atoms with van der Waals surface area (Å²) in [5.74, 6) is 0.181. The molecule has 24 heavy (non-hydrogen) atoms. The molecule has 0 radical (unpaired) electrons. The Hall–Kier alpha value is -2.50. The normalized spacial score (nSPS) is 17.1. The monoisotopic (exact) mass is 332 g/mol. The number of benzene rings is 1. The average molecular weight is 332 g/mol. The number of rotatable bonds is 7. The number of ether oxygens (including phenoxy) is 2. The van der Waals surface area contributed by atoms with Gasteiger partial charge in [-0.1, -0.05) is 38.0 Å². The summed E-state index contributed by atoms with van der Waals surface area (Å²) in [4.78, 5) is 24.4. The van der Waals surface area contributed by atoms with Crippen LogP contribution in [0.2, 0.25) is 0 Å². The zero-order chi connectivity index (χ0) is 17.5. The number of para-hydroxylation sites is 1. The van der Waals surface area contributed by atoms with E-state index in [1.165, 1.54) is 0 Å². The largest absolute Gasteiger partial charge is 0.496 e. The molecule has 130 valence electrons. The van der Waals surface area contributed by atoms with Gasteiger partial charge in [0, 0.05) is 11.3 Å². The molecule has 1 aliphatic rings. The summed E-state index contributed by atoms with van der Waals surface area (Å²) < 4.78 is 10.7. The Balaban J connectivity index is 2.28. The number of methoxy groups -OCH3 is 1. The molecule has 1 aliphatic heterocycles. The summed E-state index contributed by atoms with van der Waals surface area (Å²) in [5, 5.41) is 5.42. The number of allylic oxidation sites excluding steroid dienone is 1. The fourth-order valence-corrected chi connectivity index (χ4v) is 2.70. The predicted molar refractivity (Wildman–Crippen MR) is 90.6 cm³/mol. The van der Waals surface area contributed by atoms with Crippen molar-refractivity contribution in [2.45, 2.75) is 39.2 Å². The smallest absolute Gasteiger partial charge is 0.338 e. The number of carbonyl (C=O) groups is 2.